The maximum absolute atomic E-state index is 13.2. The molecular weight excluding hydrogens is 411 g/mol. The van der Waals surface area contributed by atoms with E-state index in [2.05, 4.69) is 20.4 Å². The molecule has 1 aliphatic heterocycles. The zero-order valence-corrected chi connectivity index (χ0v) is 17.0. The minimum absolute atomic E-state index is 0.0836. The van der Waals surface area contributed by atoms with Gasteiger partial charge in [0.05, 0.1) is 29.2 Å². The monoisotopic (exact) mass is 430 g/mol. The lowest BCUT2D eigenvalue weighted by Crippen LogP contribution is -2.25. The third-order valence-electron chi connectivity index (χ3n) is 5.43. The van der Waals surface area contributed by atoms with E-state index >= 15 is 0 Å². The summed E-state index contributed by atoms with van der Waals surface area (Å²) in [6, 6.07) is 9.57. The first-order chi connectivity index (χ1) is 15.6. The van der Waals surface area contributed by atoms with Crippen LogP contribution in [0.2, 0.25) is 0 Å². The van der Waals surface area contributed by atoms with Crippen LogP contribution in [-0.4, -0.2) is 38.1 Å². The Morgan fingerprint density at radius 1 is 1.06 bits per heavy atom. The Labute approximate surface area is 182 Å². The number of amides is 2. The first-order valence-corrected chi connectivity index (χ1v) is 10.2. The zero-order chi connectivity index (χ0) is 22.1. The lowest BCUT2D eigenvalue weighted by Gasteiger charge is -2.14. The van der Waals surface area contributed by atoms with Crippen molar-refractivity contribution in [3.63, 3.8) is 0 Å². The summed E-state index contributed by atoms with van der Waals surface area (Å²) in [5, 5.41) is 7.86. The van der Waals surface area contributed by atoms with E-state index < -0.39 is 0 Å². The highest BCUT2D eigenvalue weighted by Crippen LogP contribution is 2.22. The molecule has 0 saturated carbocycles. The Bertz CT molecular complexity index is 1300. The van der Waals surface area contributed by atoms with Crippen LogP contribution in [0.3, 0.4) is 0 Å². The largest absolute Gasteiger partial charge is 0.348 e. The highest BCUT2D eigenvalue weighted by Gasteiger charge is 2.22. The maximum atomic E-state index is 13.2. The van der Waals surface area contributed by atoms with Crippen molar-refractivity contribution < 1.29 is 14.0 Å². The minimum atomic E-state index is -0.335. The molecule has 1 aromatic carbocycles. The second-order valence-electron chi connectivity index (χ2n) is 7.51. The van der Waals surface area contributed by atoms with Gasteiger partial charge in [0.1, 0.15) is 11.6 Å². The second-order valence-corrected chi connectivity index (χ2v) is 7.51. The van der Waals surface area contributed by atoms with Gasteiger partial charge in [-0.25, -0.2) is 14.1 Å². The molecule has 0 unspecified atom stereocenters. The summed E-state index contributed by atoms with van der Waals surface area (Å²) in [5.74, 6) is 0.0867. The van der Waals surface area contributed by atoms with Gasteiger partial charge in [-0.3, -0.25) is 19.5 Å². The van der Waals surface area contributed by atoms with Crippen LogP contribution in [0.1, 0.15) is 28.8 Å². The third kappa shape index (κ3) is 3.68. The maximum Gasteiger partial charge on any atom is 0.253 e. The molecular formula is C23H19FN6O2. The quantitative estimate of drug-likeness (QED) is 0.525. The summed E-state index contributed by atoms with van der Waals surface area (Å²) in [7, 11) is 0. The Balaban J connectivity index is 1.32. The molecule has 160 valence electrons. The summed E-state index contributed by atoms with van der Waals surface area (Å²) >= 11 is 0. The van der Waals surface area contributed by atoms with Gasteiger partial charge in [-0.2, -0.15) is 5.10 Å². The van der Waals surface area contributed by atoms with Gasteiger partial charge in [0.15, 0.2) is 0 Å². The Kier molecular flexibility index (Phi) is 5.06. The summed E-state index contributed by atoms with van der Waals surface area (Å²) in [6.45, 7) is 0.965. The molecule has 0 spiro atoms. The molecule has 2 amide bonds. The fraction of sp³-hybridized carbons (Fsp3) is 0.174. The molecule has 5 rings (SSSR count). The number of carbonyl (C=O) groups is 2. The van der Waals surface area contributed by atoms with Crippen LogP contribution >= 0.6 is 0 Å². The number of nitrogens with zero attached hydrogens (tertiary/aromatic N) is 5. The minimum Gasteiger partial charge on any atom is -0.348 e. The fourth-order valence-electron chi connectivity index (χ4n) is 3.76. The molecule has 1 saturated heterocycles. The van der Waals surface area contributed by atoms with E-state index in [0.29, 0.717) is 40.9 Å². The number of hydrogen-bond donors (Lipinski definition) is 1. The van der Waals surface area contributed by atoms with Crippen molar-refractivity contribution in [1.29, 1.82) is 0 Å². The van der Waals surface area contributed by atoms with Gasteiger partial charge in [-0.1, -0.05) is 6.07 Å². The van der Waals surface area contributed by atoms with Crippen LogP contribution in [0.4, 0.5) is 10.2 Å². The van der Waals surface area contributed by atoms with Gasteiger partial charge in [0.2, 0.25) is 5.91 Å². The van der Waals surface area contributed by atoms with Crippen LogP contribution in [0.25, 0.3) is 16.6 Å². The standard InChI is InChI=1S/C23H19FN6O2/c24-16-4-6-17(7-5-16)30-20-14-25-12-19(18(20)13-28-30)23(32)27-11-15-3-8-21(26-10-15)29-9-1-2-22(29)31/h3-8,10,12-14H,1-2,9,11H2,(H,27,32). The fourth-order valence-corrected chi connectivity index (χ4v) is 3.76. The number of hydrogen-bond acceptors (Lipinski definition) is 5. The van der Waals surface area contributed by atoms with Crippen molar-refractivity contribution in [2.45, 2.75) is 19.4 Å². The summed E-state index contributed by atoms with van der Waals surface area (Å²) in [5.41, 5.74) is 2.52. The van der Waals surface area contributed by atoms with E-state index in [-0.39, 0.29) is 24.2 Å². The van der Waals surface area contributed by atoms with Crippen molar-refractivity contribution in [3.8, 4) is 5.69 Å². The SMILES string of the molecule is O=C(NCc1ccc(N2CCCC2=O)nc1)c1cncc2c1cnn2-c1ccc(F)cc1. The predicted octanol–water partition coefficient (Wildman–Crippen LogP) is 3.01. The highest BCUT2D eigenvalue weighted by atomic mass is 19.1. The van der Waals surface area contributed by atoms with Crippen LogP contribution in [0, 0.1) is 5.82 Å². The number of aromatic nitrogens is 4. The number of carbonyl (C=O) groups excluding carboxylic acids is 2. The molecule has 32 heavy (non-hydrogen) atoms. The number of rotatable bonds is 5. The average Bonchev–Trinajstić information content (AvgIpc) is 3.44. The topological polar surface area (TPSA) is 93.0 Å². The van der Waals surface area contributed by atoms with Crippen molar-refractivity contribution >= 4 is 28.5 Å². The highest BCUT2D eigenvalue weighted by molar-refractivity contribution is 6.05. The lowest BCUT2D eigenvalue weighted by atomic mass is 10.1. The van der Waals surface area contributed by atoms with E-state index in [1.54, 1.807) is 46.4 Å². The molecule has 9 heteroatoms. The first kappa shape index (κ1) is 19.8. The molecule has 8 nitrogen and oxygen atoms in total. The average molecular weight is 430 g/mol. The second kappa shape index (κ2) is 8.18. The molecule has 0 radical (unpaired) electrons. The predicted molar refractivity (Wildman–Crippen MR) is 116 cm³/mol. The van der Waals surface area contributed by atoms with E-state index in [0.717, 1.165) is 12.0 Å². The molecule has 4 heterocycles. The Morgan fingerprint density at radius 2 is 1.91 bits per heavy atom. The number of pyridine rings is 2. The third-order valence-corrected chi connectivity index (χ3v) is 5.43. The Hall–Kier alpha value is -4.14. The van der Waals surface area contributed by atoms with E-state index in [4.69, 9.17) is 0 Å². The van der Waals surface area contributed by atoms with Crippen LogP contribution in [0.15, 0.2) is 61.2 Å². The van der Waals surface area contributed by atoms with Crippen molar-refractivity contribution in [2.75, 3.05) is 11.4 Å². The van der Waals surface area contributed by atoms with Crippen molar-refractivity contribution in [2.24, 2.45) is 0 Å². The van der Waals surface area contributed by atoms with E-state index in [9.17, 15) is 14.0 Å². The van der Waals surface area contributed by atoms with Gasteiger partial charge in [0.25, 0.3) is 5.91 Å². The van der Waals surface area contributed by atoms with Gasteiger partial charge < -0.3 is 5.32 Å². The smallest absolute Gasteiger partial charge is 0.253 e. The van der Waals surface area contributed by atoms with Crippen LogP contribution in [-0.2, 0) is 11.3 Å². The van der Waals surface area contributed by atoms with Crippen LogP contribution in [0.5, 0.6) is 0 Å². The zero-order valence-electron chi connectivity index (χ0n) is 17.0. The number of fused-ring (bicyclic) bond motifs is 1. The van der Waals surface area contributed by atoms with Gasteiger partial charge in [-0.15, -0.1) is 0 Å². The van der Waals surface area contributed by atoms with Crippen molar-refractivity contribution in [3.05, 3.63) is 78.1 Å². The lowest BCUT2D eigenvalue weighted by molar-refractivity contribution is -0.117. The number of benzene rings is 1. The van der Waals surface area contributed by atoms with E-state index in [1.165, 1.54) is 18.3 Å². The van der Waals surface area contributed by atoms with Gasteiger partial charge in [-0.05, 0) is 42.3 Å². The first-order valence-electron chi connectivity index (χ1n) is 10.2. The number of anilines is 1. The van der Waals surface area contributed by atoms with Crippen molar-refractivity contribution in [1.82, 2.24) is 25.1 Å². The summed E-state index contributed by atoms with van der Waals surface area (Å²) in [6.07, 6.45) is 7.76. The van der Waals surface area contributed by atoms with Gasteiger partial charge >= 0.3 is 0 Å². The number of halogens is 1. The van der Waals surface area contributed by atoms with Crippen LogP contribution < -0.4 is 10.2 Å². The molecule has 0 aliphatic carbocycles. The summed E-state index contributed by atoms with van der Waals surface area (Å²) in [4.78, 5) is 34.9. The summed E-state index contributed by atoms with van der Waals surface area (Å²) < 4.78 is 14.8. The van der Waals surface area contributed by atoms with E-state index in [1.807, 2.05) is 6.07 Å². The normalized spacial score (nSPS) is 13.7. The molecule has 0 bridgehead atoms. The van der Waals surface area contributed by atoms with Gasteiger partial charge in [0, 0.05) is 37.3 Å². The molecule has 1 aliphatic rings. The molecule has 3 aromatic heterocycles. The molecule has 4 aromatic rings. The molecule has 1 N–H and O–H groups in total. The molecule has 0 atom stereocenters. The molecule has 1 fully saturated rings. The number of nitrogens with one attached hydrogen (secondary N) is 1. The Morgan fingerprint density at radius 3 is 2.62 bits per heavy atom.